The maximum absolute atomic E-state index is 12.6. The van der Waals surface area contributed by atoms with Crippen LogP contribution in [0.4, 0.5) is 18.9 Å². The van der Waals surface area contributed by atoms with Gasteiger partial charge in [0, 0.05) is 5.69 Å². The highest BCUT2D eigenvalue weighted by atomic mass is 35.5. The Kier molecular flexibility index (Phi) is 4.96. The first-order valence-electron chi connectivity index (χ1n) is 5.32. The number of hydrogen-bond acceptors (Lipinski definition) is 3. The van der Waals surface area contributed by atoms with E-state index >= 15 is 0 Å². The van der Waals surface area contributed by atoms with Gasteiger partial charge < -0.3 is 16.8 Å². The van der Waals surface area contributed by atoms with Crippen molar-refractivity contribution in [3.8, 4) is 0 Å². The summed E-state index contributed by atoms with van der Waals surface area (Å²) in [6.07, 6.45) is -5.06. The van der Waals surface area contributed by atoms with Gasteiger partial charge in [0.15, 0.2) is 0 Å². The van der Waals surface area contributed by atoms with Gasteiger partial charge in [0.05, 0.1) is 23.0 Å². The smallest absolute Gasteiger partial charge is 0.370 e. The Morgan fingerprint density at radius 2 is 1.95 bits per heavy atom. The zero-order chi connectivity index (χ0) is 15.5. The number of rotatable bonds is 4. The lowest BCUT2D eigenvalue weighted by atomic mass is 10.1. The molecule has 5 nitrogen and oxygen atoms in total. The van der Waals surface area contributed by atoms with Crippen molar-refractivity contribution < 1.29 is 22.8 Å². The number of anilines is 1. The molecule has 0 radical (unpaired) electrons. The number of alkyl halides is 3. The van der Waals surface area contributed by atoms with E-state index in [1.807, 2.05) is 0 Å². The minimum absolute atomic E-state index is 0.133. The van der Waals surface area contributed by atoms with Gasteiger partial charge in [0.25, 0.3) is 0 Å². The predicted octanol–water partition coefficient (Wildman–Crippen LogP) is 1.50. The predicted molar refractivity (Wildman–Crippen MR) is 66.9 cm³/mol. The van der Waals surface area contributed by atoms with Crippen molar-refractivity contribution >= 4 is 29.1 Å². The quantitative estimate of drug-likeness (QED) is 0.786. The Bertz CT molecular complexity index is 534. The summed E-state index contributed by atoms with van der Waals surface area (Å²) in [5.74, 6) is -1.61. The van der Waals surface area contributed by atoms with Crippen molar-refractivity contribution in [3.05, 3.63) is 28.8 Å². The molecule has 0 aromatic heterocycles. The highest BCUT2D eigenvalue weighted by Crippen LogP contribution is 2.36. The van der Waals surface area contributed by atoms with E-state index in [1.165, 1.54) is 6.07 Å². The molecule has 20 heavy (non-hydrogen) atoms. The number of carbonyl (C=O) groups excluding carboxylic acids is 2. The summed E-state index contributed by atoms with van der Waals surface area (Å²) in [5, 5.41) is 1.67. The van der Waals surface area contributed by atoms with E-state index in [0.717, 1.165) is 6.07 Å². The number of hydrogen-bond donors (Lipinski definition) is 3. The lowest BCUT2D eigenvalue weighted by Gasteiger charge is -2.13. The van der Waals surface area contributed by atoms with E-state index in [1.54, 1.807) is 0 Å². The number of nitrogens with two attached hydrogens (primary N) is 2. The second-order valence-electron chi connectivity index (χ2n) is 3.96. The van der Waals surface area contributed by atoms with Crippen molar-refractivity contribution in [3.63, 3.8) is 0 Å². The van der Waals surface area contributed by atoms with Crippen molar-refractivity contribution in [1.82, 2.24) is 0 Å². The van der Waals surface area contributed by atoms with Crippen LogP contribution >= 0.6 is 11.6 Å². The first kappa shape index (κ1) is 16.3. The van der Waals surface area contributed by atoms with E-state index in [0.29, 0.717) is 6.07 Å². The number of carbonyl (C=O) groups is 2. The Hall–Kier alpha value is -1.80. The molecule has 5 N–H and O–H groups in total. The average Bonchev–Trinajstić information content (AvgIpc) is 2.29. The van der Waals surface area contributed by atoms with Gasteiger partial charge in [-0.15, -0.1) is 0 Å². The summed E-state index contributed by atoms with van der Waals surface area (Å²) in [4.78, 5) is 22.1. The fourth-order valence-electron chi connectivity index (χ4n) is 1.36. The maximum Gasteiger partial charge on any atom is 0.417 e. The molecule has 0 bridgehead atoms. The molecule has 0 spiro atoms. The summed E-state index contributed by atoms with van der Waals surface area (Å²) >= 11 is 5.43. The highest BCUT2D eigenvalue weighted by Gasteiger charge is 2.33. The fraction of sp³-hybridized carbons (Fsp3) is 0.273. The number of amides is 2. The third kappa shape index (κ3) is 4.39. The molecule has 1 unspecified atom stereocenters. The van der Waals surface area contributed by atoms with Crippen molar-refractivity contribution in [2.75, 3.05) is 5.32 Å². The minimum Gasteiger partial charge on any atom is -0.370 e. The number of nitrogens with one attached hydrogen (secondary N) is 1. The van der Waals surface area contributed by atoms with Gasteiger partial charge in [0.2, 0.25) is 11.8 Å². The highest BCUT2D eigenvalue weighted by molar-refractivity contribution is 6.31. The molecule has 0 aliphatic carbocycles. The summed E-state index contributed by atoms with van der Waals surface area (Å²) in [7, 11) is 0. The van der Waals surface area contributed by atoms with Gasteiger partial charge in [-0.05, 0) is 18.2 Å². The Labute approximate surface area is 117 Å². The first-order chi connectivity index (χ1) is 9.11. The third-order valence-corrected chi connectivity index (χ3v) is 2.63. The van der Waals surface area contributed by atoms with E-state index in [4.69, 9.17) is 23.1 Å². The molecule has 1 aromatic carbocycles. The number of primary amides is 1. The largest absolute Gasteiger partial charge is 0.417 e. The molecule has 9 heteroatoms. The van der Waals surface area contributed by atoms with E-state index in [9.17, 15) is 22.8 Å². The average molecular weight is 310 g/mol. The molecule has 1 aromatic rings. The molecule has 0 fully saturated rings. The number of halogens is 4. The van der Waals surface area contributed by atoms with Crippen LogP contribution in [-0.4, -0.2) is 17.9 Å². The van der Waals surface area contributed by atoms with Crippen LogP contribution in [0, 0.1) is 0 Å². The van der Waals surface area contributed by atoms with E-state index in [2.05, 4.69) is 5.32 Å². The Morgan fingerprint density at radius 1 is 1.35 bits per heavy atom. The molecule has 1 rings (SSSR count). The van der Waals surface area contributed by atoms with Crippen LogP contribution < -0.4 is 16.8 Å². The molecule has 0 aliphatic heterocycles. The van der Waals surface area contributed by atoms with Crippen LogP contribution in [-0.2, 0) is 15.8 Å². The number of benzene rings is 1. The summed E-state index contributed by atoms with van der Waals surface area (Å²) in [6, 6.07) is 1.63. The maximum atomic E-state index is 12.6. The molecular weight excluding hydrogens is 299 g/mol. The topological polar surface area (TPSA) is 98.2 Å². The second-order valence-corrected chi connectivity index (χ2v) is 4.37. The van der Waals surface area contributed by atoms with Crippen molar-refractivity contribution in [1.29, 1.82) is 0 Å². The molecule has 2 amide bonds. The fourth-order valence-corrected chi connectivity index (χ4v) is 1.59. The third-order valence-electron chi connectivity index (χ3n) is 2.30. The molecule has 110 valence electrons. The van der Waals surface area contributed by atoms with Gasteiger partial charge in [-0.25, -0.2) is 0 Å². The molecule has 0 saturated carbocycles. The van der Waals surface area contributed by atoms with Crippen LogP contribution in [0.3, 0.4) is 0 Å². The molecule has 0 saturated heterocycles. The summed E-state index contributed by atoms with van der Waals surface area (Å²) < 4.78 is 37.8. The first-order valence-corrected chi connectivity index (χ1v) is 5.70. The lowest BCUT2D eigenvalue weighted by molar-refractivity contribution is -0.137. The molecular formula is C11H11ClF3N3O2. The van der Waals surface area contributed by atoms with Gasteiger partial charge in [-0.2, -0.15) is 13.2 Å². The summed E-state index contributed by atoms with van der Waals surface area (Å²) in [5.41, 5.74) is 9.00. The molecule has 1 atom stereocenters. The molecule has 0 heterocycles. The zero-order valence-corrected chi connectivity index (χ0v) is 10.8. The van der Waals surface area contributed by atoms with Gasteiger partial charge >= 0.3 is 6.18 Å². The summed E-state index contributed by atoms with van der Waals surface area (Å²) in [6.45, 7) is 0. The van der Waals surface area contributed by atoms with Crippen LogP contribution in [0.15, 0.2) is 18.2 Å². The molecule has 0 aliphatic rings. The van der Waals surface area contributed by atoms with Gasteiger partial charge in [-0.3, -0.25) is 9.59 Å². The van der Waals surface area contributed by atoms with E-state index in [-0.39, 0.29) is 5.69 Å². The van der Waals surface area contributed by atoms with Crippen LogP contribution in [0.2, 0.25) is 5.02 Å². The zero-order valence-electron chi connectivity index (χ0n) is 10.00. The Balaban J connectivity index is 2.89. The van der Waals surface area contributed by atoms with E-state index < -0.39 is 41.0 Å². The van der Waals surface area contributed by atoms with Gasteiger partial charge in [-0.1, -0.05) is 11.6 Å². The minimum atomic E-state index is -4.65. The van der Waals surface area contributed by atoms with Crippen LogP contribution in [0.5, 0.6) is 0 Å². The second kappa shape index (κ2) is 6.10. The lowest BCUT2D eigenvalue weighted by Crippen LogP contribution is -2.39. The van der Waals surface area contributed by atoms with Crippen molar-refractivity contribution in [2.45, 2.75) is 18.6 Å². The Morgan fingerprint density at radius 3 is 2.45 bits per heavy atom. The standard InChI is InChI=1S/C11H11ClF3N3O2/c12-7-2-1-5(3-6(7)11(13,14)15)18-10(20)8(16)4-9(17)19/h1-3,8H,4,16H2,(H2,17,19)(H,18,20). The SMILES string of the molecule is NC(=O)CC(N)C(=O)Nc1ccc(Cl)c(C(F)(F)F)c1. The normalized spacial score (nSPS) is 12.8. The van der Waals surface area contributed by atoms with Crippen LogP contribution in [0.1, 0.15) is 12.0 Å². The monoisotopic (exact) mass is 309 g/mol. The van der Waals surface area contributed by atoms with Gasteiger partial charge in [0.1, 0.15) is 0 Å². The van der Waals surface area contributed by atoms with Crippen molar-refractivity contribution in [2.24, 2.45) is 11.5 Å². The van der Waals surface area contributed by atoms with Crippen LogP contribution in [0.25, 0.3) is 0 Å².